The second-order valence-electron chi connectivity index (χ2n) is 4.35. The van der Waals surface area contributed by atoms with Crippen LogP contribution in [-0.2, 0) is 12.8 Å². The average Bonchev–Trinajstić information content (AvgIpc) is 2.83. The fourth-order valence-electron chi connectivity index (χ4n) is 2.15. The van der Waals surface area contributed by atoms with Crippen LogP contribution in [-0.4, -0.2) is 10.2 Å². The first-order valence-corrected chi connectivity index (χ1v) is 7.06. The molecule has 0 saturated carbocycles. The van der Waals surface area contributed by atoms with Gasteiger partial charge in [0.1, 0.15) is 0 Å². The molecule has 1 atom stereocenters. The van der Waals surface area contributed by atoms with Crippen LogP contribution in [0.2, 0.25) is 0 Å². The summed E-state index contributed by atoms with van der Waals surface area (Å²) in [6.07, 6.45) is 3.74. The van der Waals surface area contributed by atoms with Crippen LogP contribution in [0.1, 0.15) is 23.8 Å². The largest absolute Gasteiger partial charge is 0.374 e. The highest BCUT2D eigenvalue weighted by molar-refractivity contribution is 7.23. The van der Waals surface area contributed by atoms with Gasteiger partial charge in [-0.05, 0) is 36.8 Å². The van der Waals surface area contributed by atoms with E-state index in [1.807, 2.05) is 11.3 Å². The number of nitrogen functional groups attached to an aromatic ring is 1. The van der Waals surface area contributed by atoms with Gasteiger partial charge in [-0.2, -0.15) is 0 Å². The molecule has 84 valence electrons. The number of thiophene rings is 1. The van der Waals surface area contributed by atoms with E-state index in [9.17, 15) is 0 Å². The smallest absolute Gasteiger partial charge is 0.203 e. The Morgan fingerprint density at radius 3 is 3.00 bits per heavy atom. The number of anilines is 1. The zero-order valence-corrected chi connectivity index (χ0v) is 10.7. The Morgan fingerprint density at radius 2 is 2.25 bits per heavy atom. The summed E-state index contributed by atoms with van der Waals surface area (Å²) < 4.78 is 0. The van der Waals surface area contributed by atoms with Gasteiger partial charge in [-0.3, -0.25) is 0 Å². The van der Waals surface area contributed by atoms with Crippen molar-refractivity contribution < 1.29 is 0 Å². The summed E-state index contributed by atoms with van der Waals surface area (Å²) >= 11 is 3.33. The lowest BCUT2D eigenvalue weighted by atomic mass is 9.90. The maximum Gasteiger partial charge on any atom is 0.203 e. The van der Waals surface area contributed by atoms with Gasteiger partial charge in [0.25, 0.3) is 0 Å². The molecule has 2 N–H and O–H groups in total. The van der Waals surface area contributed by atoms with Crippen molar-refractivity contribution in [2.75, 3.05) is 5.73 Å². The van der Waals surface area contributed by atoms with Crippen molar-refractivity contribution in [1.29, 1.82) is 0 Å². The summed E-state index contributed by atoms with van der Waals surface area (Å²) in [6, 6.07) is 2.27. The van der Waals surface area contributed by atoms with Gasteiger partial charge >= 0.3 is 0 Å². The van der Waals surface area contributed by atoms with Crippen LogP contribution < -0.4 is 5.73 Å². The maximum atomic E-state index is 5.61. The Kier molecular flexibility index (Phi) is 2.44. The molecule has 0 fully saturated rings. The van der Waals surface area contributed by atoms with Crippen LogP contribution in [0.4, 0.5) is 5.13 Å². The van der Waals surface area contributed by atoms with Gasteiger partial charge in [-0.15, -0.1) is 21.5 Å². The number of hydrogen-bond donors (Lipinski definition) is 1. The first-order chi connectivity index (χ1) is 7.72. The Balaban J connectivity index is 1.98. The lowest BCUT2D eigenvalue weighted by Gasteiger charge is -2.16. The second-order valence-corrected chi connectivity index (χ2v) is 6.50. The minimum absolute atomic E-state index is 0.551. The molecule has 2 aromatic rings. The molecule has 2 aromatic heterocycles. The van der Waals surface area contributed by atoms with Crippen LogP contribution in [0.15, 0.2) is 6.07 Å². The number of fused-ring (bicyclic) bond motifs is 1. The molecule has 3 nitrogen and oxygen atoms in total. The number of hydrogen-bond acceptors (Lipinski definition) is 5. The predicted octanol–water partition coefficient (Wildman–Crippen LogP) is 2.97. The van der Waals surface area contributed by atoms with Gasteiger partial charge in [-0.1, -0.05) is 18.3 Å². The number of aromatic nitrogens is 2. The molecule has 0 amide bonds. The monoisotopic (exact) mass is 251 g/mol. The van der Waals surface area contributed by atoms with Gasteiger partial charge in [-0.25, -0.2) is 0 Å². The van der Waals surface area contributed by atoms with Crippen LogP contribution in [0.5, 0.6) is 0 Å². The maximum absolute atomic E-state index is 5.61. The summed E-state index contributed by atoms with van der Waals surface area (Å²) in [5.41, 5.74) is 7.12. The predicted molar refractivity (Wildman–Crippen MR) is 68.8 cm³/mol. The van der Waals surface area contributed by atoms with E-state index >= 15 is 0 Å². The van der Waals surface area contributed by atoms with Crippen LogP contribution >= 0.6 is 22.7 Å². The molecular formula is C11H13N3S2. The minimum Gasteiger partial charge on any atom is -0.374 e. The Bertz CT molecular complexity index is 515. The van der Waals surface area contributed by atoms with Gasteiger partial charge in [0.05, 0.1) is 4.88 Å². The minimum atomic E-state index is 0.551. The topological polar surface area (TPSA) is 51.8 Å². The number of aryl methyl sites for hydroxylation is 1. The highest BCUT2D eigenvalue weighted by Gasteiger charge is 2.19. The SMILES string of the molecule is CC1CCc2sc(-c3nnc(N)s3)cc2C1. The van der Waals surface area contributed by atoms with Crippen molar-refractivity contribution in [3.8, 4) is 9.88 Å². The fraction of sp³-hybridized carbons (Fsp3) is 0.455. The van der Waals surface area contributed by atoms with E-state index in [0.717, 1.165) is 10.9 Å². The molecular weight excluding hydrogens is 238 g/mol. The van der Waals surface area contributed by atoms with Crippen molar-refractivity contribution in [3.05, 3.63) is 16.5 Å². The molecule has 1 unspecified atom stereocenters. The zero-order valence-electron chi connectivity index (χ0n) is 9.06. The summed E-state index contributed by atoms with van der Waals surface area (Å²) in [6.45, 7) is 2.32. The van der Waals surface area contributed by atoms with E-state index in [-0.39, 0.29) is 0 Å². The van der Waals surface area contributed by atoms with Crippen molar-refractivity contribution in [1.82, 2.24) is 10.2 Å². The van der Waals surface area contributed by atoms with E-state index in [2.05, 4.69) is 23.2 Å². The Morgan fingerprint density at radius 1 is 1.38 bits per heavy atom. The lowest BCUT2D eigenvalue weighted by molar-refractivity contribution is 0.506. The molecule has 3 rings (SSSR count). The van der Waals surface area contributed by atoms with E-state index in [1.54, 1.807) is 0 Å². The lowest BCUT2D eigenvalue weighted by Crippen LogP contribution is -2.07. The second kappa shape index (κ2) is 3.82. The average molecular weight is 251 g/mol. The van der Waals surface area contributed by atoms with Crippen LogP contribution in [0.3, 0.4) is 0 Å². The molecule has 0 spiro atoms. The molecule has 2 heterocycles. The summed E-state index contributed by atoms with van der Waals surface area (Å²) in [7, 11) is 0. The Hall–Kier alpha value is -0.940. The van der Waals surface area contributed by atoms with E-state index in [4.69, 9.17) is 5.73 Å². The third kappa shape index (κ3) is 1.74. The molecule has 0 radical (unpaired) electrons. The highest BCUT2D eigenvalue weighted by Crippen LogP contribution is 2.38. The van der Waals surface area contributed by atoms with Crippen LogP contribution in [0.25, 0.3) is 9.88 Å². The number of nitrogens with zero attached hydrogens (tertiary/aromatic N) is 2. The van der Waals surface area contributed by atoms with Crippen molar-refractivity contribution in [2.45, 2.75) is 26.2 Å². The van der Waals surface area contributed by atoms with E-state index < -0.39 is 0 Å². The third-order valence-electron chi connectivity index (χ3n) is 2.98. The molecule has 0 aromatic carbocycles. The summed E-state index contributed by atoms with van der Waals surface area (Å²) in [5.74, 6) is 0.814. The molecule has 0 aliphatic heterocycles. The van der Waals surface area contributed by atoms with Gasteiger partial charge in [0.15, 0.2) is 5.01 Å². The quantitative estimate of drug-likeness (QED) is 0.847. The highest BCUT2D eigenvalue weighted by atomic mass is 32.1. The first-order valence-electron chi connectivity index (χ1n) is 5.43. The summed E-state index contributed by atoms with van der Waals surface area (Å²) in [4.78, 5) is 2.76. The zero-order chi connectivity index (χ0) is 11.1. The van der Waals surface area contributed by atoms with Gasteiger partial charge in [0, 0.05) is 4.88 Å². The molecule has 1 aliphatic carbocycles. The Labute approximate surface area is 102 Å². The number of nitrogens with two attached hydrogens (primary N) is 1. The molecule has 16 heavy (non-hydrogen) atoms. The molecule has 5 heteroatoms. The van der Waals surface area contributed by atoms with Gasteiger partial charge in [0.2, 0.25) is 5.13 Å². The molecule has 0 bridgehead atoms. The third-order valence-corrected chi connectivity index (χ3v) is 5.14. The normalized spacial score (nSPS) is 19.7. The van der Waals surface area contributed by atoms with Crippen molar-refractivity contribution >= 4 is 27.8 Å². The molecule has 0 saturated heterocycles. The van der Waals surface area contributed by atoms with Crippen molar-refractivity contribution in [2.24, 2.45) is 5.92 Å². The van der Waals surface area contributed by atoms with Crippen molar-refractivity contribution in [3.63, 3.8) is 0 Å². The van der Waals surface area contributed by atoms with E-state index in [0.29, 0.717) is 5.13 Å². The number of rotatable bonds is 1. The summed E-state index contributed by atoms with van der Waals surface area (Å²) in [5, 5.41) is 9.48. The van der Waals surface area contributed by atoms with E-state index in [1.165, 1.54) is 45.9 Å². The standard InChI is InChI=1S/C11H13N3S2/c1-6-2-3-8-7(4-6)5-9(15-8)10-13-14-11(12)16-10/h5-6H,2-4H2,1H3,(H2,12,14). The van der Waals surface area contributed by atoms with Crippen LogP contribution in [0, 0.1) is 5.92 Å². The molecule has 1 aliphatic rings. The fourth-order valence-corrected chi connectivity index (χ4v) is 4.00. The first kappa shape index (κ1) is 10.2. The van der Waals surface area contributed by atoms with Gasteiger partial charge < -0.3 is 5.73 Å².